The molecule has 3 aromatic rings. The summed E-state index contributed by atoms with van der Waals surface area (Å²) in [5, 5.41) is 3.67. The largest absolute Gasteiger partial charge is 0.253 e. The lowest BCUT2D eigenvalue weighted by molar-refractivity contribution is 1.34. The van der Waals surface area contributed by atoms with E-state index in [4.69, 9.17) is 4.74 Å². The maximum atomic E-state index is 5.55. The van der Waals surface area contributed by atoms with E-state index in [0.29, 0.717) is 0 Å². The van der Waals surface area contributed by atoms with Gasteiger partial charge in [-0.1, -0.05) is 84.9 Å². The van der Waals surface area contributed by atoms with Crippen molar-refractivity contribution in [1.29, 1.82) is 0 Å². The Hall–Kier alpha value is -2.85. The monoisotopic (exact) mass is 367 g/mol. The van der Waals surface area contributed by atoms with E-state index in [2.05, 4.69) is 111 Å². The molecule has 27 heavy (non-hydrogen) atoms. The fourth-order valence-corrected chi connectivity index (χ4v) is 7.10. The molecular formula is C25H22NP. The minimum Gasteiger partial charge on any atom is -0.253 e. The summed E-state index contributed by atoms with van der Waals surface area (Å²) in [6.07, 6.45) is 6.23. The molecule has 0 fully saturated rings. The van der Waals surface area contributed by atoms with Crippen LogP contribution in [0.15, 0.2) is 113 Å². The maximum Gasteiger partial charge on any atom is 0.0686 e. The van der Waals surface area contributed by atoms with E-state index in [1.807, 2.05) is 6.08 Å². The first kappa shape index (κ1) is 17.6. The van der Waals surface area contributed by atoms with E-state index in [1.54, 1.807) is 0 Å². The van der Waals surface area contributed by atoms with Crippen LogP contribution in [-0.4, -0.2) is 0 Å². The van der Waals surface area contributed by atoms with Gasteiger partial charge in [-0.25, -0.2) is 0 Å². The summed E-state index contributed by atoms with van der Waals surface area (Å²) < 4.78 is 5.55. The van der Waals surface area contributed by atoms with Crippen molar-refractivity contribution in [2.24, 2.45) is 4.74 Å². The number of hydrogen-bond donors (Lipinski definition) is 0. The third-order valence-electron chi connectivity index (χ3n) is 4.88. The molecule has 1 aliphatic rings. The van der Waals surface area contributed by atoms with Gasteiger partial charge in [0.1, 0.15) is 0 Å². The summed E-state index contributed by atoms with van der Waals surface area (Å²) in [6, 6.07) is 27.8. The Labute approximate surface area is 161 Å². The lowest BCUT2D eigenvalue weighted by Gasteiger charge is -2.27. The second-order valence-corrected chi connectivity index (χ2v) is 9.69. The highest BCUT2D eigenvalue weighted by Crippen LogP contribution is 2.58. The summed E-state index contributed by atoms with van der Waals surface area (Å²) in [4.78, 5) is 0. The van der Waals surface area contributed by atoms with E-state index in [0.717, 1.165) is 5.69 Å². The van der Waals surface area contributed by atoms with Crippen LogP contribution in [0.4, 0.5) is 5.69 Å². The molecule has 0 unspecified atom stereocenters. The molecule has 0 heterocycles. The van der Waals surface area contributed by atoms with E-state index in [9.17, 15) is 0 Å². The van der Waals surface area contributed by atoms with Crippen molar-refractivity contribution in [1.82, 2.24) is 0 Å². The molecule has 0 bridgehead atoms. The first-order valence-electron chi connectivity index (χ1n) is 9.15. The third-order valence-corrected chi connectivity index (χ3v) is 8.45. The van der Waals surface area contributed by atoms with Crippen molar-refractivity contribution in [2.45, 2.75) is 13.8 Å². The summed E-state index contributed by atoms with van der Waals surface area (Å²) >= 11 is 0. The normalized spacial score (nSPS) is 12.9. The number of hydrogen-bond acceptors (Lipinski definition) is 1. The van der Waals surface area contributed by atoms with Crippen molar-refractivity contribution < 1.29 is 0 Å². The molecule has 4 rings (SSSR count). The van der Waals surface area contributed by atoms with E-state index in [1.165, 1.54) is 27.1 Å². The summed E-state index contributed by atoms with van der Waals surface area (Å²) in [5.41, 5.74) is 6.99. The molecule has 0 saturated heterocycles. The number of allylic oxidation sites excluding steroid dienone is 3. The predicted molar refractivity (Wildman–Crippen MR) is 118 cm³/mol. The summed E-state index contributed by atoms with van der Waals surface area (Å²) in [7, 11) is -2.21. The Morgan fingerprint density at radius 2 is 1.26 bits per heavy atom. The molecule has 0 N–H and O–H groups in total. The van der Waals surface area contributed by atoms with Crippen LogP contribution in [0.5, 0.6) is 0 Å². The minimum absolute atomic E-state index is 1.09. The fourth-order valence-electron chi connectivity index (χ4n) is 3.52. The highest BCUT2D eigenvalue weighted by Gasteiger charge is 2.29. The van der Waals surface area contributed by atoms with Crippen LogP contribution < -0.4 is 10.6 Å². The van der Waals surface area contributed by atoms with Crippen LogP contribution in [0.1, 0.15) is 11.1 Å². The quantitative estimate of drug-likeness (QED) is 0.374. The standard InChI is InChI=1S/C25H22NP/c1-20-12-11-13-21(2)25(20)26-27(24-18-9-10-19-24,22-14-5-3-6-15-22)23-16-7-4-8-17-23/h3-18H,1-2H3. The molecule has 132 valence electrons. The molecule has 0 amide bonds. The van der Waals surface area contributed by atoms with Crippen LogP contribution >= 0.6 is 7.05 Å². The van der Waals surface area contributed by atoms with Crippen LogP contribution in [0.25, 0.3) is 0 Å². The summed E-state index contributed by atoms with van der Waals surface area (Å²) in [6.45, 7) is 4.29. The average molecular weight is 367 g/mol. The van der Waals surface area contributed by atoms with Gasteiger partial charge in [0.25, 0.3) is 0 Å². The van der Waals surface area contributed by atoms with Crippen LogP contribution in [0.2, 0.25) is 0 Å². The topological polar surface area (TPSA) is 12.4 Å². The van der Waals surface area contributed by atoms with Crippen molar-refractivity contribution >= 4 is 23.4 Å². The second kappa shape index (κ2) is 7.41. The van der Waals surface area contributed by atoms with Crippen molar-refractivity contribution in [3.05, 3.63) is 119 Å². The van der Waals surface area contributed by atoms with Gasteiger partial charge in [0, 0.05) is 15.9 Å². The molecule has 0 aliphatic heterocycles. The fraction of sp³-hybridized carbons (Fsp3) is 0.0800. The zero-order valence-electron chi connectivity index (χ0n) is 15.6. The van der Waals surface area contributed by atoms with Crippen LogP contribution in [0.3, 0.4) is 0 Å². The molecule has 0 spiro atoms. The van der Waals surface area contributed by atoms with Crippen LogP contribution in [0, 0.1) is 13.8 Å². The van der Waals surface area contributed by atoms with Gasteiger partial charge in [0.05, 0.1) is 12.7 Å². The Morgan fingerprint density at radius 1 is 0.704 bits per heavy atom. The van der Waals surface area contributed by atoms with Gasteiger partial charge in [0.15, 0.2) is 0 Å². The number of nitrogens with zero attached hydrogens (tertiary/aromatic N) is 1. The Morgan fingerprint density at radius 3 is 1.74 bits per heavy atom. The molecule has 0 atom stereocenters. The van der Waals surface area contributed by atoms with Crippen molar-refractivity contribution in [3.8, 4) is 0 Å². The minimum atomic E-state index is -2.21. The smallest absolute Gasteiger partial charge is 0.0686 e. The van der Waals surface area contributed by atoms with E-state index < -0.39 is 7.05 Å². The number of benzene rings is 3. The molecule has 2 heteroatoms. The summed E-state index contributed by atoms with van der Waals surface area (Å²) in [5.74, 6) is 0. The van der Waals surface area contributed by atoms with E-state index in [-0.39, 0.29) is 0 Å². The highest BCUT2D eigenvalue weighted by atomic mass is 31.2. The predicted octanol–water partition coefficient (Wildman–Crippen LogP) is 6.40. The molecular weight excluding hydrogens is 345 g/mol. The SMILES string of the molecule is Cc1cccc(C)c1N=P(C1=C=CC=C1)(c1ccccc1)c1ccccc1. The van der Waals surface area contributed by atoms with Gasteiger partial charge in [-0.05, 0) is 37.1 Å². The lowest BCUT2D eigenvalue weighted by atomic mass is 10.1. The molecule has 0 saturated carbocycles. The maximum absolute atomic E-state index is 5.55. The first-order chi connectivity index (χ1) is 13.2. The van der Waals surface area contributed by atoms with Gasteiger partial charge in [-0.3, -0.25) is 4.74 Å². The molecule has 3 aromatic carbocycles. The van der Waals surface area contributed by atoms with Gasteiger partial charge in [0.2, 0.25) is 0 Å². The Bertz CT molecular complexity index is 1050. The van der Waals surface area contributed by atoms with Gasteiger partial charge in [-0.2, -0.15) is 0 Å². The van der Waals surface area contributed by atoms with Gasteiger partial charge < -0.3 is 0 Å². The molecule has 0 aromatic heterocycles. The average Bonchev–Trinajstić information content (AvgIpc) is 3.25. The Balaban J connectivity index is 2.17. The van der Waals surface area contributed by atoms with Crippen molar-refractivity contribution in [3.63, 3.8) is 0 Å². The van der Waals surface area contributed by atoms with Crippen LogP contribution in [-0.2, 0) is 0 Å². The number of rotatable bonds is 4. The van der Waals surface area contributed by atoms with Crippen molar-refractivity contribution in [2.75, 3.05) is 0 Å². The van der Waals surface area contributed by atoms with Gasteiger partial charge >= 0.3 is 0 Å². The first-order valence-corrected chi connectivity index (χ1v) is 10.9. The molecule has 0 radical (unpaired) electrons. The molecule has 1 aliphatic carbocycles. The highest BCUT2D eigenvalue weighted by molar-refractivity contribution is 7.84. The lowest BCUT2D eigenvalue weighted by Crippen LogP contribution is -2.17. The third kappa shape index (κ3) is 3.17. The van der Waals surface area contributed by atoms with E-state index >= 15 is 0 Å². The second-order valence-electron chi connectivity index (χ2n) is 6.70. The zero-order valence-corrected chi connectivity index (χ0v) is 16.5. The van der Waals surface area contributed by atoms with Gasteiger partial charge in [-0.15, -0.1) is 5.73 Å². The Kier molecular flexibility index (Phi) is 4.82. The number of aryl methyl sites for hydroxylation is 2. The molecule has 1 nitrogen and oxygen atoms in total. The zero-order chi connectivity index (χ0) is 18.7.